The van der Waals surface area contributed by atoms with Gasteiger partial charge in [0.05, 0.1) is 29.1 Å². The molecule has 1 unspecified atom stereocenters. The Hall–Kier alpha value is -2.26. The molecule has 27 heavy (non-hydrogen) atoms. The van der Waals surface area contributed by atoms with E-state index in [9.17, 15) is 9.59 Å². The monoisotopic (exact) mass is 391 g/mol. The molecule has 3 heterocycles. The van der Waals surface area contributed by atoms with Crippen LogP contribution in [0.15, 0.2) is 17.8 Å². The fourth-order valence-corrected chi connectivity index (χ4v) is 3.60. The van der Waals surface area contributed by atoms with Crippen LogP contribution in [-0.4, -0.2) is 51.2 Å². The molecule has 0 saturated carbocycles. The summed E-state index contributed by atoms with van der Waals surface area (Å²) < 4.78 is 6.88. The lowest BCUT2D eigenvalue weighted by atomic mass is 10.2. The van der Waals surface area contributed by atoms with Crippen LogP contribution in [0.2, 0.25) is 0 Å². The number of carbonyl (C=O) groups is 2. The van der Waals surface area contributed by atoms with Gasteiger partial charge in [-0.3, -0.25) is 14.3 Å². The summed E-state index contributed by atoms with van der Waals surface area (Å²) in [7, 11) is 1.75. The third-order valence-electron chi connectivity index (χ3n) is 4.31. The van der Waals surface area contributed by atoms with Crippen molar-refractivity contribution in [2.24, 2.45) is 0 Å². The topological polar surface area (TPSA) is 89.4 Å². The minimum Gasteiger partial charge on any atom is -0.368 e. The van der Waals surface area contributed by atoms with E-state index in [2.05, 4.69) is 29.2 Å². The minimum absolute atomic E-state index is 0.0748. The van der Waals surface area contributed by atoms with Crippen molar-refractivity contribution in [2.45, 2.75) is 51.8 Å². The molecule has 1 fully saturated rings. The smallest absolute Gasteiger partial charge is 0.253 e. The summed E-state index contributed by atoms with van der Waals surface area (Å²) >= 11 is 1.62. The molecule has 0 aromatic carbocycles. The number of anilines is 1. The van der Waals surface area contributed by atoms with Gasteiger partial charge in [0, 0.05) is 31.1 Å². The first-order valence-electron chi connectivity index (χ1n) is 9.05. The van der Waals surface area contributed by atoms with Crippen LogP contribution in [0, 0.1) is 0 Å². The summed E-state index contributed by atoms with van der Waals surface area (Å²) in [5, 5.41) is 10.00. The highest BCUT2D eigenvalue weighted by Crippen LogP contribution is 2.20. The fraction of sp³-hybridized carbons (Fsp3) is 0.556. The third-order valence-corrected chi connectivity index (χ3v) is 5.50. The molecule has 8 nitrogen and oxygen atoms in total. The molecule has 0 spiro atoms. The highest BCUT2D eigenvalue weighted by Gasteiger charge is 2.24. The van der Waals surface area contributed by atoms with Gasteiger partial charge in [-0.2, -0.15) is 5.10 Å². The second kappa shape index (κ2) is 8.62. The Balaban J connectivity index is 1.51. The van der Waals surface area contributed by atoms with Gasteiger partial charge in [-0.15, -0.1) is 11.3 Å². The van der Waals surface area contributed by atoms with Gasteiger partial charge in [-0.1, -0.05) is 13.8 Å². The lowest BCUT2D eigenvalue weighted by molar-refractivity contribution is -0.131. The Labute approximate surface area is 162 Å². The molecule has 2 aromatic heterocycles. The number of amides is 2. The van der Waals surface area contributed by atoms with Crippen molar-refractivity contribution in [3.63, 3.8) is 0 Å². The molecule has 1 aliphatic heterocycles. The van der Waals surface area contributed by atoms with Gasteiger partial charge >= 0.3 is 0 Å². The lowest BCUT2D eigenvalue weighted by Crippen LogP contribution is -2.30. The maximum Gasteiger partial charge on any atom is 0.253 e. The molecule has 9 heteroatoms. The Kier molecular flexibility index (Phi) is 6.22. The van der Waals surface area contributed by atoms with Crippen molar-refractivity contribution >= 4 is 28.8 Å². The summed E-state index contributed by atoms with van der Waals surface area (Å²) in [4.78, 5) is 30.7. The largest absolute Gasteiger partial charge is 0.368 e. The Morgan fingerprint density at radius 3 is 2.96 bits per heavy atom. The summed E-state index contributed by atoms with van der Waals surface area (Å²) in [6.07, 6.45) is 4.43. The van der Waals surface area contributed by atoms with Crippen LogP contribution < -0.4 is 5.32 Å². The summed E-state index contributed by atoms with van der Waals surface area (Å²) in [5.41, 5.74) is 1.46. The van der Waals surface area contributed by atoms with Crippen LogP contribution in [0.3, 0.4) is 0 Å². The van der Waals surface area contributed by atoms with Crippen molar-refractivity contribution in [3.05, 3.63) is 28.5 Å². The van der Waals surface area contributed by atoms with Gasteiger partial charge in [0.15, 0.2) is 0 Å². The number of nitrogens with one attached hydrogen (secondary N) is 1. The van der Waals surface area contributed by atoms with E-state index in [1.165, 1.54) is 10.9 Å². The number of hydrogen-bond donors (Lipinski definition) is 1. The number of carbonyl (C=O) groups excluding carboxylic acids is 2. The van der Waals surface area contributed by atoms with E-state index in [1.54, 1.807) is 29.5 Å². The molecule has 146 valence electrons. The number of rotatable bonds is 7. The van der Waals surface area contributed by atoms with E-state index < -0.39 is 6.10 Å². The molecule has 2 amide bonds. The van der Waals surface area contributed by atoms with Gasteiger partial charge in [-0.05, 0) is 12.8 Å². The van der Waals surface area contributed by atoms with Crippen molar-refractivity contribution in [1.29, 1.82) is 0 Å². The van der Waals surface area contributed by atoms with E-state index in [-0.39, 0.29) is 18.4 Å². The van der Waals surface area contributed by atoms with E-state index in [4.69, 9.17) is 4.74 Å². The normalized spacial score (nSPS) is 16.7. The number of aromatic nitrogens is 3. The predicted octanol–water partition coefficient (Wildman–Crippen LogP) is 2.24. The van der Waals surface area contributed by atoms with Crippen LogP contribution in [0.25, 0.3) is 0 Å². The van der Waals surface area contributed by atoms with Gasteiger partial charge in [0.2, 0.25) is 5.91 Å². The van der Waals surface area contributed by atoms with Crippen LogP contribution in [0.5, 0.6) is 0 Å². The standard InChI is InChI=1S/C18H25N5O3S/c1-12(2)18-21-14(11-27-18)8-22(3)16(24)10-23-9-13(7-19-23)20-17(25)15-5-4-6-26-15/h7,9,11-12,15H,4-6,8,10H2,1-3H3,(H,20,25). The van der Waals surface area contributed by atoms with E-state index in [1.807, 2.05) is 5.38 Å². The van der Waals surface area contributed by atoms with Crippen molar-refractivity contribution in [2.75, 3.05) is 19.0 Å². The average Bonchev–Trinajstić information content (AvgIpc) is 3.36. The summed E-state index contributed by atoms with van der Waals surface area (Å²) in [6, 6.07) is 0. The fourth-order valence-electron chi connectivity index (χ4n) is 2.77. The van der Waals surface area contributed by atoms with Crippen LogP contribution >= 0.6 is 11.3 Å². The van der Waals surface area contributed by atoms with E-state index >= 15 is 0 Å². The van der Waals surface area contributed by atoms with Crippen LogP contribution in [-0.2, 0) is 27.4 Å². The molecule has 0 radical (unpaired) electrons. The summed E-state index contributed by atoms with van der Waals surface area (Å²) in [6.45, 7) is 5.39. The van der Waals surface area contributed by atoms with Gasteiger partial charge < -0.3 is 15.0 Å². The highest BCUT2D eigenvalue weighted by atomic mass is 32.1. The first-order valence-corrected chi connectivity index (χ1v) is 9.93. The predicted molar refractivity (Wildman–Crippen MR) is 103 cm³/mol. The number of thiazole rings is 1. The maximum atomic E-state index is 12.4. The van der Waals surface area contributed by atoms with Crippen molar-refractivity contribution in [1.82, 2.24) is 19.7 Å². The SMILES string of the molecule is CC(C)c1nc(CN(C)C(=O)Cn2cc(NC(=O)C3CCCO3)cn2)cs1. The zero-order valence-electron chi connectivity index (χ0n) is 15.8. The van der Waals surface area contributed by atoms with Gasteiger partial charge in [0.25, 0.3) is 5.91 Å². The number of likely N-dealkylation sites (N-methyl/N-ethyl adjacent to an activating group) is 1. The molecule has 0 bridgehead atoms. The van der Waals surface area contributed by atoms with Crippen molar-refractivity contribution in [3.8, 4) is 0 Å². The van der Waals surface area contributed by atoms with E-state index in [0.717, 1.165) is 23.5 Å². The molecule has 1 aliphatic rings. The summed E-state index contributed by atoms with van der Waals surface area (Å²) in [5.74, 6) is 0.145. The number of hydrogen-bond acceptors (Lipinski definition) is 6. The highest BCUT2D eigenvalue weighted by molar-refractivity contribution is 7.09. The first kappa shape index (κ1) is 19.5. The Morgan fingerprint density at radius 1 is 1.48 bits per heavy atom. The molecule has 2 aromatic rings. The van der Waals surface area contributed by atoms with Gasteiger partial charge in [-0.25, -0.2) is 4.98 Å². The number of ether oxygens (including phenoxy) is 1. The minimum atomic E-state index is -0.394. The van der Waals surface area contributed by atoms with Gasteiger partial charge in [0.1, 0.15) is 12.6 Å². The van der Waals surface area contributed by atoms with E-state index in [0.29, 0.717) is 24.8 Å². The number of nitrogens with zero attached hydrogens (tertiary/aromatic N) is 4. The molecule has 1 saturated heterocycles. The molecule has 1 atom stereocenters. The molecule has 3 rings (SSSR count). The Bertz CT molecular complexity index is 795. The molecule has 0 aliphatic carbocycles. The second-order valence-electron chi connectivity index (χ2n) is 7.00. The van der Waals surface area contributed by atoms with Crippen LogP contribution in [0.1, 0.15) is 43.3 Å². The first-order chi connectivity index (χ1) is 12.9. The maximum absolute atomic E-state index is 12.4. The van der Waals surface area contributed by atoms with Crippen molar-refractivity contribution < 1.29 is 14.3 Å². The third kappa shape index (κ3) is 5.14. The molecule has 1 N–H and O–H groups in total. The Morgan fingerprint density at radius 2 is 2.30 bits per heavy atom. The molecular weight excluding hydrogens is 366 g/mol. The molecular formula is C18H25N5O3S. The second-order valence-corrected chi connectivity index (χ2v) is 7.89. The zero-order chi connectivity index (χ0) is 19.4. The lowest BCUT2D eigenvalue weighted by Gasteiger charge is -2.15. The van der Waals surface area contributed by atoms with Crippen LogP contribution in [0.4, 0.5) is 5.69 Å². The quantitative estimate of drug-likeness (QED) is 0.782. The zero-order valence-corrected chi connectivity index (χ0v) is 16.7. The average molecular weight is 391 g/mol.